The summed E-state index contributed by atoms with van der Waals surface area (Å²) in [6.45, 7) is 0. The summed E-state index contributed by atoms with van der Waals surface area (Å²) in [4.78, 5) is 28.2. The van der Waals surface area contributed by atoms with Crippen molar-refractivity contribution in [3.8, 4) is 0 Å². The fourth-order valence-corrected chi connectivity index (χ4v) is 2.30. The van der Waals surface area contributed by atoms with Crippen molar-refractivity contribution in [3.05, 3.63) is 46.8 Å². The molecule has 0 amide bonds. The monoisotopic (exact) mass is 244 g/mol. The minimum Gasteiger partial charge on any atom is -0.364 e. The van der Waals surface area contributed by atoms with E-state index in [1.165, 1.54) is 0 Å². The summed E-state index contributed by atoms with van der Waals surface area (Å²) in [5.74, 6) is 0.266. The van der Waals surface area contributed by atoms with Gasteiger partial charge in [0.1, 0.15) is 11.4 Å². The second kappa shape index (κ2) is 4.29. The van der Waals surface area contributed by atoms with Gasteiger partial charge in [0.2, 0.25) is 11.6 Å². The second-order valence-corrected chi connectivity index (χ2v) is 4.69. The predicted octanol–water partition coefficient (Wildman–Crippen LogP) is 1.40. The summed E-state index contributed by atoms with van der Waals surface area (Å²) < 4.78 is 0. The van der Waals surface area contributed by atoms with E-state index in [2.05, 4.69) is 0 Å². The van der Waals surface area contributed by atoms with Crippen LogP contribution in [0.4, 0.5) is 0 Å². The molecule has 94 valence electrons. The number of ketones is 2. The van der Waals surface area contributed by atoms with E-state index < -0.39 is 0 Å². The molecule has 0 fully saturated rings. The van der Waals surface area contributed by atoms with Gasteiger partial charge in [0.25, 0.3) is 0 Å². The highest BCUT2D eigenvalue weighted by Crippen LogP contribution is 2.29. The molecule has 0 radical (unpaired) electrons. The Kier molecular flexibility index (Phi) is 2.95. The molecule has 0 aromatic heterocycles. The lowest BCUT2D eigenvalue weighted by Crippen LogP contribution is -2.29. The van der Waals surface area contributed by atoms with Crippen molar-refractivity contribution in [2.24, 2.45) is 0 Å². The average molecular weight is 244 g/mol. The van der Waals surface area contributed by atoms with Gasteiger partial charge in [0.05, 0.1) is 0 Å². The van der Waals surface area contributed by atoms with Crippen molar-refractivity contribution in [1.29, 1.82) is 0 Å². The zero-order chi connectivity index (χ0) is 13.4. The van der Waals surface area contributed by atoms with Crippen LogP contribution in [0, 0.1) is 0 Å². The van der Waals surface area contributed by atoms with E-state index in [4.69, 9.17) is 0 Å². The number of nitrogens with zero attached hydrogens (tertiary/aromatic N) is 2. The molecule has 0 atom stereocenters. The van der Waals surface area contributed by atoms with Gasteiger partial charge in [0.15, 0.2) is 0 Å². The maximum atomic E-state index is 12.3. The SMILES string of the molecule is CN(C)C(=C1C(=O)c2ccccc2C1=O)N(C)C. The van der Waals surface area contributed by atoms with E-state index in [-0.39, 0.29) is 17.1 Å². The number of carbonyl (C=O) groups is 2. The molecule has 0 unspecified atom stereocenters. The van der Waals surface area contributed by atoms with Crippen LogP contribution < -0.4 is 0 Å². The molecule has 1 aromatic rings. The molecule has 2 rings (SSSR count). The Balaban J connectivity index is 2.67. The molecule has 0 spiro atoms. The highest BCUT2D eigenvalue weighted by Gasteiger charge is 2.36. The van der Waals surface area contributed by atoms with E-state index in [0.717, 1.165) is 0 Å². The molecule has 0 aliphatic heterocycles. The Morgan fingerprint density at radius 3 is 1.56 bits per heavy atom. The van der Waals surface area contributed by atoms with Gasteiger partial charge in [-0.05, 0) is 0 Å². The first-order chi connectivity index (χ1) is 8.45. The highest BCUT2D eigenvalue weighted by molar-refractivity contribution is 6.39. The molecular weight excluding hydrogens is 228 g/mol. The molecule has 0 bridgehead atoms. The Bertz CT molecular complexity index is 510. The standard InChI is InChI=1S/C14H16N2O2/c1-15(2)14(16(3)4)11-12(17)9-7-5-6-8-10(9)13(11)18/h5-8H,1-4H3. The molecule has 0 N–H and O–H groups in total. The van der Waals surface area contributed by atoms with E-state index in [9.17, 15) is 9.59 Å². The quantitative estimate of drug-likeness (QED) is 0.582. The van der Waals surface area contributed by atoms with E-state index in [1.54, 1.807) is 34.1 Å². The zero-order valence-electron chi connectivity index (χ0n) is 11.0. The minimum atomic E-state index is -0.187. The molecule has 18 heavy (non-hydrogen) atoms. The number of hydrogen-bond donors (Lipinski definition) is 0. The van der Waals surface area contributed by atoms with Gasteiger partial charge in [-0.2, -0.15) is 0 Å². The van der Waals surface area contributed by atoms with Crippen molar-refractivity contribution in [1.82, 2.24) is 9.80 Å². The van der Waals surface area contributed by atoms with E-state index in [1.807, 2.05) is 28.2 Å². The largest absolute Gasteiger partial charge is 0.364 e. The third-order valence-electron chi connectivity index (χ3n) is 2.94. The van der Waals surface area contributed by atoms with Gasteiger partial charge in [-0.1, -0.05) is 24.3 Å². The zero-order valence-corrected chi connectivity index (χ0v) is 11.0. The number of allylic oxidation sites excluding steroid dienone is 1. The Morgan fingerprint density at radius 1 is 0.833 bits per heavy atom. The van der Waals surface area contributed by atoms with E-state index in [0.29, 0.717) is 16.9 Å². The lowest BCUT2D eigenvalue weighted by atomic mass is 10.1. The smallest absolute Gasteiger partial charge is 0.201 e. The van der Waals surface area contributed by atoms with Crippen LogP contribution in [0.3, 0.4) is 0 Å². The van der Waals surface area contributed by atoms with Gasteiger partial charge in [-0.3, -0.25) is 9.59 Å². The number of carbonyl (C=O) groups excluding carboxylic acids is 2. The summed E-state index contributed by atoms with van der Waals surface area (Å²) in [6, 6.07) is 6.95. The topological polar surface area (TPSA) is 40.6 Å². The van der Waals surface area contributed by atoms with E-state index >= 15 is 0 Å². The van der Waals surface area contributed by atoms with Crippen LogP contribution in [-0.2, 0) is 0 Å². The first-order valence-electron chi connectivity index (χ1n) is 5.72. The Morgan fingerprint density at radius 2 is 1.22 bits per heavy atom. The molecule has 4 nitrogen and oxygen atoms in total. The van der Waals surface area contributed by atoms with Gasteiger partial charge in [-0.25, -0.2) is 0 Å². The van der Waals surface area contributed by atoms with Crippen LogP contribution in [0.15, 0.2) is 35.7 Å². The Hall–Kier alpha value is -2.10. The number of Topliss-reactive ketones (excluding diaryl/α,β-unsaturated/α-hetero) is 2. The molecule has 0 saturated carbocycles. The van der Waals surface area contributed by atoms with Crippen molar-refractivity contribution in [2.75, 3.05) is 28.2 Å². The Labute approximate surface area is 106 Å². The van der Waals surface area contributed by atoms with Crippen LogP contribution in [-0.4, -0.2) is 49.6 Å². The highest BCUT2D eigenvalue weighted by atomic mass is 16.2. The molecule has 1 aromatic carbocycles. The van der Waals surface area contributed by atoms with Crippen LogP contribution in [0.1, 0.15) is 20.7 Å². The fourth-order valence-electron chi connectivity index (χ4n) is 2.30. The van der Waals surface area contributed by atoms with Gasteiger partial charge in [-0.15, -0.1) is 0 Å². The van der Waals surface area contributed by atoms with Crippen LogP contribution in [0.5, 0.6) is 0 Å². The third-order valence-corrected chi connectivity index (χ3v) is 2.94. The van der Waals surface area contributed by atoms with Crippen LogP contribution in [0.25, 0.3) is 0 Å². The molecule has 1 aliphatic carbocycles. The second-order valence-electron chi connectivity index (χ2n) is 4.69. The summed E-state index contributed by atoms with van der Waals surface area (Å²) >= 11 is 0. The number of rotatable bonds is 2. The van der Waals surface area contributed by atoms with Gasteiger partial charge < -0.3 is 9.80 Å². The fraction of sp³-hybridized carbons (Fsp3) is 0.286. The lowest BCUT2D eigenvalue weighted by Gasteiger charge is -2.25. The molecule has 0 saturated heterocycles. The summed E-state index contributed by atoms with van der Waals surface area (Å²) in [7, 11) is 7.30. The van der Waals surface area contributed by atoms with Gasteiger partial charge >= 0.3 is 0 Å². The van der Waals surface area contributed by atoms with Gasteiger partial charge in [0, 0.05) is 39.3 Å². The third kappa shape index (κ3) is 1.70. The number of hydrogen-bond acceptors (Lipinski definition) is 4. The normalized spacial score (nSPS) is 13.7. The molecule has 4 heteroatoms. The lowest BCUT2D eigenvalue weighted by molar-refractivity contribution is 0.0977. The number of benzene rings is 1. The minimum absolute atomic E-state index is 0.187. The summed E-state index contributed by atoms with van der Waals surface area (Å²) in [5, 5.41) is 0. The molecular formula is C14H16N2O2. The maximum absolute atomic E-state index is 12.3. The van der Waals surface area contributed by atoms with Crippen molar-refractivity contribution >= 4 is 11.6 Å². The summed E-state index contributed by atoms with van der Waals surface area (Å²) in [6.07, 6.45) is 0. The van der Waals surface area contributed by atoms with Crippen molar-refractivity contribution in [2.45, 2.75) is 0 Å². The first kappa shape index (κ1) is 12.4. The average Bonchev–Trinajstić information content (AvgIpc) is 2.55. The summed E-state index contributed by atoms with van der Waals surface area (Å²) in [5.41, 5.74) is 1.25. The van der Waals surface area contributed by atoms with Crippen LogP contribution in [0.2, 0.25) is 0 Å². The van der Waals surface area contributed by atoms with Crippen LogP contribution >= 0.6 is 0 Å². The first-order valence-corrected chi connectivity index (χ1v) is 5.72. The molecule has 0 heterocycles. The van der Waals surface area contributed by atoms with Crippen molar-refractivity contribution in [3.63, 3.8) is 0 Å². The molecule has 1 aliphatic rings. The van der Waals surface area contributed by atoms with Crippen molar-refractivity contribution < 1.29 is 9.59 Å². The maximum Gasteiger partial charge on any atom is 0.201 e. The number of fused-ring (bicyclic) bond motifs is 1. The predicted molar refractivity (Wildman–Crippen MR) is 69.5 cm³/mol.